The fourth-order valence-corrected chi connectivity index (χ4v) is 8.77. The molecule has 138 valence electrons. The van der Waals surface area contributed by atoms with Crippen molar-refractivity contribution < 1.29 is 42.1 Å². The van der Waals surface area contributed by atoms with Gasteiger partial charge in [-0.1, -0.05) is 0 Å². The number of carbonyl (C=O) groups excluding carboxylic acids is 3. The third-order valence-electron chi connectivity index (χ3n) is 5.09. The van der Waals surface area contributed by atoms with Crippen LogP contribution >= 0.6 is 0 Å². The molecular formula is C18H26O6Ti. The summed E-state index contributed by atoms with van der Waals surface area (Å²) >= 11 is -4.56. The summed E-state index contributed by atoms with van der Waals surface area (Å²) in [6.07, 6.45) is 2.51. The predicted molar refractivity (Wildman–Crippen MR) is 87.5 cm³/mol. The quantitative estimate of drug-likeness (QED) is 0.684. The number of hydrogen-bond donors (Lipinski definition) is 0. The van der Waals surface area contributed by atoms with Gasteiger partial charge in [0.2, 0.25) is 0 Å². The van der Waals surface area contributed by atoms with Crippen molar-refractivity contribution in [3.05, 3.63) is 22.3 Å². The Morgan fingerprint density at radius 3 is 1.88 bits per heavy atom. The van der Waals surface area contributed by atoms with Crippen molar-refractivity contribution in [3.63, 3.8) is 0 Å². The summed E-state index contributed by atoms with van der Waals surface area (Å²) in [5, 5.41) is 0. The minimum atomic E-state index is -4.56. The van der Waals surface area contributed by atoms with E-state index in [0.29, 0.717) is 12.3 Å². The molecule has 2 atom stereocenters. The summed E-state index contributed by atoms with van der Waals surface area (Å²) < 4.78 is 16.2. The normalized spacial score (nSPS) is 23.3. The SMILES string of the molecule is CC(=O)[O][Ti]([O]C(C)=O)([O]C(C)=O)[CH]1CCCC2=C1C(C)=C(C)C2C. The summed E-state index contributed by atoms with van der Waals surface area (Å²) in [6, 6.07) is 0. The maximum atomic E-state index is 11.8. The zero-order chi connectivity index (χ0) is 18.9. The van der Waals surface area contributed by atoms with Crippen molar-refractivity contribution in [1.82, 2.24) is 0 Å². The molecule has 0 radical (unpaired) electrons. The van der Waals surface area contributed by atoms with Crippen molar-refractivity contribution >= 4 is 17.9 Å². The van der Waals surface area contributed by atoms with E-state index in [2.05, 4.69) is 13.8 Å². The van der Waals surface area contributed by atoms with E-state index in [1.807, 2.05) is 6.92 Å². The van der Waals surface area contributed by atoms with Crippen molar-refractivity contribution in [2.75, 3.05) is 0 Å². The first-order chi connectivity index (χ1) is 11.6. The molecule has 0 fully saturated rings. The molecule has 0 spiro atoms. The topological polar surface area (TPSA) is 78.9 Å². The Bertz CT molecular complexity index is 634. The predicted octanol–water partition coefficient (Wildman–Crippen LogP) is 3.83. The molecule has 0 saturated carbocycles. The first kappa shape index (κ1) is 19.9. The molecule has 0 amide bonds. The van der Waals surface area contributed by atoms with E-state index < -0.39 is 35.7 Å². The molecule has 0 aliphatic heterocycles. The number of carbonyl (C=O) groups is 3. The van der Waals surface area contributed by atoms with Crippen LogP contribution in [-0.4, -0.2) is 17.9 Å². The first-order valence-corrected chi connectivity index (χ1v) is 11.4. The van der Waals surface area contributed by atoms with Crippen molar-refractivity contribution in [3.8, 4) is 0 Å². The number of allylic oxidation sites excluding steroid dienone is 4. The molecule has 0 aromatic carbocycles. The Hall–Kier alpha value is -1.40. The Morgan fingerprint density at radius 2 is 1.44 bits per heavy atom. The van der Waals surface area contributed by atoms with Gasteiger partial charge in [0.25, 0.3) is 0 Å². The summed E-state index contributed by atoms with van der Waals surface area (Å²) in [6.45, 7) is 10.0. The molecule has 6 nitrogen and oxygen atoms in total. The van der Waals surface area contributed by atoms with Crippen LogP contribution < -0.4 is 0 Å². The molecule has 2 aliphatic rings. The molecule has 2 unspecified atom stereocenters. The minimum absolute atomic E-state index is 0.310. The third-order valence-corrected chi connectivity index (χ3v) is 10.00. The van der Waals surface area contributed by atoms with Gasteiger partial charge in [-0.05, 0) is 0 Å². The third kappa shape index (κ3) is 3.90. The van der Waals surface area contributed by atoms with Crippen LogP contribution in [0, 0.1) is 5.92 Å². The molecule has 0 aromatic rings. The van der Waals surface area contributed by atoms with E-state index in [1.165, 1.54) is 31.9 Å². The zero-order valence-corrected chi connectivity index (χ0v) is 17.3. The molecule has 0 aromatic heterocycles. The standard InChI is InChI=1S/C12H17.3C2H4O2.Ti/c1-8-9(2)11-6-4-5-7-12(11)10(8)3;3*1-2(3)4;/h6,10H,4-5,7H2,1-3H3;3*1H3,(H,3,4);/q;;;;+3/p-3. The number of hydrogen-bond acceptors (Lipinski definition) is 6. The molecule has 0 N–H and O–H groups in total. The van der Waals surface area contributed by atoms with Crippen LogP contribution in [-0.2, 0) is 42.1 Å². The van der Waals surface area contributed by atoms with Crippen LogP contribution in [0.4, 0.5) is 0 Å². The van der Waals surface area contributed by atoms with Crippen molar-refractivity contribution in [2.24, 2.45) is 5.92 Å². The van der Waals surface area contributed by atoms with Gasteiger partial charge in [0.1, 0.15) is 0 Å². The Morgan fingerprint density at radius 1 is 0.960 bits per heavy atom. The molecular weight excluding hydrogens is 360 g/mol. The molecule has 0 bridgehead atoms. The molecule has 0 heterocycles. The van der Waals surface area contributed by atoms with Gasteiger partial charge in [-0.2, -0.15) is 0 Å². The van der Waals surface area contributed by atoms with Gasteiger partial charge in [-0.15, -0.1) is 0 Å². The molecule has 25 heavy (non-hydrogen) atoms. The van der Waals surface area contributed by atoms with Crippen LogP contribution in [0.1, 0.15) is 60.8 Å². The average Bonchev–Trinajstić information content (AvgIpc) is 2.70. The van der Waals surface area contributed by atoms with E-state index in [4.69, 9.17) is 9.96 Å². The molecule has 2 rings (SSSR count). The van der Waals surface area contributed by atoms with E-state index >= 15 is 0 Å². The summed E-state index contributed by atoms with van der Waals surface area (Å²) in [5.41, 5.74) is 4.75. The van der Waals surface area contributed by atoms with Crippen LogP contribution in [0.2, 0.25) is 4.22 Å². The average molecular weight is 386 g/mol. The zero-order valence-electron chi connectivity index (χ0n) is 15.7. The van der Waals surface area contributed by atoms with Gasteiger partial charge < -0.3 is 0 Å². The van der Waals surface area contributed by atoms with Crippen LogP contribution in [0.25, 0.3) is 0 Å². The van der Waals surface area contributed by atoms with Crippen LogP contribution in [0.5, 0.6) is 0 Å². The molecule has 0 saturated heterocycles. The molecule has 2 aliphatic carbocycles. The van der Waals surface area contributed by atoms with Gasteiger partial charge in [-0.25, -0.2) is 0 Å². The van der Waals surface area contributed by atoms with Gasteiger partial charge >= 0.3 is 153 Å². The van der Waals surface area contributed by atoms with Gasteiger partial charge in [0.15, 0.2) is 0 Å². The fourth-order valence-electron chi connectivity index (χ4n) is 3.98. The van der Waals surface area contributed by atoms with Crippen molar-refractivity contribution in [1.29, 1.82) is 0 Å². The second kappa shape index (κ2) is 7.46. The molecule has 7 heteroatoms. The van der Waals surface area contributed by atoms with Crippen molar-refractivity contribution in [2.45, 2.75) is 65.0 Å². The second-order valence-corrected chi connectivity index (χ2v) is 10.7. The summed E-state index contributed by atoms with van der Waals surface area (Å²) in [5.74, 6) is -1.48. The summed E-state index contributed by atoms with van der Waals surface area (Å²) in [4.78, 5) is 35.3. The maximum absolute atomic E-state index is 11.8. The van der Waals surface area contributed by atoms with Gasteiger partial charge in [0, 0.05) is 0 Å². The van der Waals surface area contributed by atoms with Gasteiger partial charge in [0.05, 0.1) is 0 Å². The first-order valence-electron chi connectivity index (χ1n) is 8.58. The van der Waals surface area contributed by atoms with E-state index in [9.17, 15) is 14.4 Å². The Balaban J connectivity index is 2.60. The number of rotatable bonds is 4. The van der Waals surface area contributed by atoms with E-state index in [1.54, 1.807) is 0 Å². The monoisotopic (exact) mass is 386 g/mol. The van der Waals surface area contributed by atoms with Crippen LogP contribution in [0.15, 0.2) is 22.3 Å². The Kier molecular flexibility index (Phi) is 5.95. The van der Waals surface area contributed by atoms with Crippen LogP contribution in [0.3, 0.4) is 0 Å². The second-order valence-electron chi connectivity index (χ2n) is 6.80. The fraction of sp³-hybridized carbons (Fsp3) is 0.611. The van der Waals surface area contributed by atoms with Gasteiger partial charge in [-0.3, -0.25) is 0 Å². The van der Waals surface area contributed by atoms with E-state index in [0.717, 1.165) is 24.0 Å². The summed E-state index contributed by atoms with van der Waals surface area (Å²) in [7, 11) is 0. The Labute approximate surface area is 153 Å². The van der Waals surface area contributed by atoms with E-state index in [-0.39, 0.29) is 4.22 Å².